The van der Waals surface area contributed by atoms with Crippen molar-refractivity contribution in [2.45, 2.75) is 64.1 Å². The van der Waals surface area contributed by atoms with E-state index in [-0.39, 0.29) is 6.04 Å². The second-order valence-corrected chi connectivity index (χ2v) is 11.3. The third-order valence-electron chi connectivity index (χ3n) is 7.37. The van der Waals surface area contributed by atoms with Gasteiger partial charge in [-0.3, -0.25) is 10.2 Å². The van der Waals surface area contributed by atoms with Gasteiger partial charge in [-0.15, -0.1) is 0 Å². The summed E-state index contributed by atoms with van der Waals surface area (Å²) in [5, 5.41) is 8.60. The summed E-state index contributed by atoms with van der Waals surface area (Å²) in [7, 11) is 2.20. The lowest BCUT2D eigenvalue weighted by Gasteiger charge is -2.41. The first-order valence-corrected chi connectivity index (χ1v) is 13.2. The number of carbonyl (C=O) groups is 1. The van der Waals surface area contributed by atoms with Crippen LogP contribution in [0, 0.1) is 0 Å². The fourth-order valence-electron chi connectivity index (χ4n) is 5.47. The molecule has 2 fully saturated rings. The van der Waals surface area contributed by atoms with Crippen LogP contribution in [-0.2, 0) is 4.74 Å². The summed E-state index contributed by atoms with van der Waals surface area (Å²) < 4.78 is 7.45. The van der Waals surface area contributed by atoms with Gasteiger partial charge in [0.25, 0.3) is 0 Å². The maximum atomic E-state index is 12.3. The van der Waals surface area contributed by atoms with Crippen molar-refractivity contribution in [3.05, 3.63) is 30.6 Å². The number of ether oxygens (including phenoxy) is 1. The Bertz CT molecular complexity index is 1250. The molecule has 1 saturated heterocycles. The van der Waals surface area contributed by atoms with Crippen LogP contribution in [0.1, 0.15) is 52.5 Å². The standard InChI is InChI=1S/C27H38N8O2/c1-27(2,3)37-26(36)31-19-7-5-6-18(16-19)23-22-24(28)29-17-30-25(22)35(32-23)21-10-8-20(9-11-21)34-14-12-33(4)13-15-34/h5-7,16-17,20-21H,8-15H2,1-4H3,(H,31,36)(H2,28,29,30)/t20-,21+. The molecule has 37 heavy (non-hydrogen) atoms. The number of nitrogens with two attached hydrogens (primary N) is 1. The predicted octanol–water partition coefficient (Wildman–Crippen LogP) is 4.15. The third-order valence-corrected chi connectivity index (χ3v) is 7.37. The molecule has 1 amide bonds. The molecule has 0 radical (unpaired) electrons. The summed E-state index contributed by atoms with van der Waals surface area (Å²) in [6.45, 7) is 10.1. The summed E-state index contributed by atoms with van der Waals surface area (Å²) in [6.07, 6.45) is 5.42. The fraction of sp³-hybridized carbons (Fsp3) is 0.556. The van der Waals surface area contributed by atoms with Crippen molar-refractivity contribution in [3.8, 4) is 11.3 Å². The van der Waals surface area contributed by atoms with Crippen LogP contribution >= 0.6 is 0 Å². The van der Waals surface area contributed by atoms with E-state index >= 15 is 0 Å². The van der Waals surface area contributed by atoms with E-state index in [4.69, 9.17) is 15.6 Å². The van der Waals surface area contributed by atoms with Crippen LogP contribution in [0.2, 0.25) is 0 Å². The summed E-state index contributed by atoms with van der Waals surface area (Å²) in [5.74, 6) is 0.405. The first-order valence-electron chi connectivity index (χ1n) is 13.2. The van der Waals surface area contributed by atoms with Gasteiger partial charge in [0.1, 0.15) is 23.4 Å². The van der Waals surface area contributed by atoms with Gasteiger partial charge in [-0.05, 0) is 65.6 Å². The average Bonchev–Trinajstić information content (AvgIpc) is 3.25. The minimum atomic E-state index is -0.578. The molecule has 0 unspecified atom stereocenters. The third kappa shape index (κ3) is 5.70. The highest BCUT2D eigenvalue weighted by atomic mass is 16.6. The number of hydrogen-bond donors (Lipinski definition) is 2. The molecule has 1 saturated carbocycles. The summed E-state index contributed by atoms with van der Waals surface area (Å²) in [4.78, 5) is 26.2. The topological polar surface area (TPSA) is 114 Å². The summed E-state index contributed by atoms with van der Waals surface area (Å²) >= 11 is 0. The van der Waals surface area contributed by atoms with Crippen LogP contribution in [0.25, 0.3) is 22.3 Å². The molecule has 198 valence electrons. The zero-order valence-corrected chi connectivity index (χ0v) is 22.3. The normalized spacial score (nSPS) is 21.7. The van der Waals surface area contributed by atoms with Crippen LogP contribution < -0.4 is 11.1 Å². The minimum absolute atomic E-state index is 0.261. The van der Waals surface area contributed by atoms with Crippen molar-refractivity contribution < 1.29 is 9.53 Å². The van der Waals surface area contributed by atoms with Crippen molar-refractivity contribution in [2.75, 3.05) is 44.3 Å². The van der Waals surface area contributed by atoms with Crippen LogP contribution in [-0.4, -0.2) is 80.5 Å². The molecule has 10 nitrogen and oxygen atoms in total. The van der Waals surface area contributed by atoms with E-state index in [0.29, 0.717) is 17.5 Å². The van der Waals surface area contributed by atoms with Crippen molar-refractivity contribution in [1.29, 1.82) is 0 Å². The fourth-order valence-corrected chi connectivity index (χ4v) is 5.47. The zero-order chi connectivity index (χ0) is 26.2. The average molecular weight is 507 g/mol. The number of nitrogens with one attached hydrogen (secondary N) is 1. The lowest BCUT2D eigenvalue weighted by molar-refractivity contribution is 0.0636. The van der Waals surface area contributed by atoms with Crippen molar-refractivity contribution in [2.24, 2.45) is 0 Å². The number of benzene rings is 1. The SMILES string of the molecule is CN1CCN([C@H]2CC[C@@H](n3nc(-c4cccc(NC(=O)OC(C)(C)C)c4)c4c(N)ncnc43)CC2)CC1. The molecule has 5 rings (SSSR count). The molecule has 10 heteroatoms. The Morgan fingerprint density at radius 3 is 2.46 bits per heavy atom. The highest BCUT2D eigenvalue weighted by Gasteiger charge is 2.30. The summed E-state index contributed by atoms with van der Waals surface area (Å²) in [5.41, 5.74) is 8.72. The van der Waals surface area contributed by atoms with E-state index in [1.807, 2.05) is 45.0 Å². The Kier molecular flexibility index (Phi) is 7.04. The number of fused-ring (bicyclic) bond motifs is 1. The van der Waals surface area contributed by atoms with Crippen LogP contribution in [0.5, 0.6) is 0 Å². The summed E-state index contributed by atoms with van der Waals surface area (Å²) in [6, 6.07) is 8.45. The molecular formula is C27H38N8O2. The van der Waals surface area contributed by atoms with Gasteiger partial charge in [-0.2, -0.15) is 5.10 Å². The van der Waals surface area contributed by atoms with Gasteiger partial charge in [0.15, 0.2) is 5.65 Å². The molecule has 0 spiro atoms. The minimum Gasteiger partial charge on any atom is -0.444 e. The van der Waals surface area contributed by atoms with Crippen LogP contribution in [0.15, 0.2) is 30.6 Å². The highest BCUT2D eigenvalue weighted by molar-refractivity contribution is 5.99. The van der Waals surface area contributed by atoms with Gasteiger partial charge in [-0.25, -0.2) is 19.4 Å². The second-order valence-electron chi connectivity index (χ2n) is 11.3. The van der Waals surface area contributed by atoms with Crippen LogP contribution in [0.4, 0.5) is 16.3 Å². The lowest BCUT2D eigenvalue weighted by Crippen LogP contribution is -2.49. The number of carbonyl (C=O) groups excluding carboxylic acids is 1. The molecule has 3 aromatic rings. The van der Waals surface area contributed by atoms with Crippen LogP contribution in [0.3, 0.4) is 0 Å². The highest BCUT2D eigenvalue weighted by Crippen LogP contribution is 2.37. The Morgan fingerprint density at radius 2 is 1.76 bits per heavy atom. The zero-order valence-electron chi connectivity index (χ0n) is 22.3. The van der Waals surface area contributed by atoms with Crippen molar-refractivity contribution >= 4 is 28.6 Å². The molecule has 1 aromatic carbocycles. The number of hydrogen-bond acceptors (Lipinski definition) is 8. The van der Waals surface area contributed by atoms with E-state index in [2.05, 4.69) is 36.8 Å². The first kappa shape index (κ1) is 25.4. The quantitative estimate of drug-likeness (QED) is 0.542. The number of amides is 1. The second kappa shape index (κ2) is 10.3. The predicted molar refractivity (Wildman–Crippen MR) is 145 cm³/mol. The van der Waals surface area contributed by atoms with E-state index in [9.17, 15) is 4.79 Å². The van der Waals surface area contributed by atoms with E-state index in [0.717, 1.165) is 74.2 Å². The van der Waals surface area contributed by atoms with E-state index in [1.54, 1.807) is 0 Å². The molecular weight excluding hydrogens is 468 g/mol. The van der Waals surface area contributed by atoms with Gasteiger partial charge >= 0.3 is 6.09 Å². The monoisotopic (exact) mass is 506 g/mol. The number of nitrogen functional groups attached to an aromatic ring is 1. The number of nitrogens with zero attached hydrogens (tertiary/aromatic N) is 6. The number of rotatable bonds is 4. The van der Waals surface area contributed by atoms with Gasteiger partial charge in [-0.1, -0.05) is 12.1 Å². The number of aromatic nitrogens is 4. The largest absolute Gasteiger partial charge is 0.444 e. The van der Waals surface area contributed by atoms with E-state index < -0.39 is 11.7 Å². The van der Waals surface area contributed by atoms with Crippen molar-refractivity contribution in [1.82, 2.24) is 29.5 Å². The Morgan fingerprint density at radius 1 is 1.05 bits per heavy atom. The maximum absolute atomic E-state index is 12.3. The van der Waals surface area contributed by atoms with Crippen molar-refractivity contribution in [3.63, 3.8) is 0 Å². The molecule has 3 N–H and O–H groups in total. The maximum Gasteiger partial charge on any atom is 0.412 e. The lowest BCUT2D eigenvalue weighted by atomic mass is 9.90. The smallest absolute Gasteiger partial charge is 0.412 e. The Labute approximate surface area is 218 Å². The molecule has 0 atom stereocenters. The van der Waals surface area contributed by atoms with Gasteiger partial charge < -0.3 is 15.4 Å². The van der Waals surface area contributed by atoms with E-state index in [1.165, 1.54) is 6.33 Å². The number of piperazine rings is 1. The molecule has 2 aromatic heterocycles. The van der Waals surface area contributed by atoms with Gasteiger partial charge in [0.05, 0.1) is 11.4 Å². The number of likely N-dealkylation sites (N-methyl/N-ethyl adjacent to an activating group) is 1. The van der Waals surface area contributed by atoms with Gasteiger partial charge in [0.2, 0.25) is 0 Å². The first-order chi connectivity index (χ1) is 17.7. The molecule has 3 heterocycles. The Hall–Kier alpha value is -3.24. The molecule has 0 bridgehead atoms. The molecule has 1 aliphatic heterocycles. The molecule has 1 aliphatic carbocycles. The number of anilines is 2. The molecule has 2 aliphatic rings. The van der Waals surface area contributed by atoms with Gasteiger partial charge in [0, 0.05) is 43.5 Å². The Balaban J connectivity index is 1.38.